The number of nitrogens with one attached hydrogen (secondary N) is 1. The maximum absolute atomic E-state index is 12.5. The van der Waals surface area contributed by atoms with Gasteiger partial charge < -0.3 is 19.7 Å². The predicted molar refractivity (Wildman–Crippen MR) is 152 cm³/mol. The van der Waals surface area contributed by atoms with Crippen molar-refractivity contribution in [3.8, 4) is 17.2 Å². The smallest absolute Gasteiger partial charge is 0.326 e. The van der Waals surface area contributed by atoms with E-state index in [1.807, 2.05) is 42.5 Å². The monoisotopic (exact) mass is 513 g/mol. The standard InChI is InChI=1S/C30H35N5O3/c1-4-34(5-2)14-6-16-37-29-19-26-25(18-22(29)20-31-3)28(11-13-32-26)38-24-9-10-27-21(17-24)12-15-35(27)30(36)33-23-7-8-23/h9-13,15,17-20,23H,4-8,14,16H2,1-3H3,(H,33,36). The van der Waals surface area contributed by atoms with Gasteiger partial charge in [-0.1, -0.05) is 13.8 Å². The summed E-state index contributed by atoms with van der Waals surface area (Å²) >= 11 is 0. The van der Waals surface area contributed by atoms with E-state index in [1.54, 1.807) is 30.2 Å². The molecule has 1 aliphatic rings. The summed E-state index contributed by atoms with van der Waals surface area (Å²) in [5, 5.41) is 4.84. The Morgan fingerprint density at radius 3 is 2.76 bits per heavy atom. The number of carbonyl (C=O) groups is 1. The van der Waals surface area contributed by atoms with Gasteiger partial charge in [-0.3, -0.25) is 14.5 Å². The number of hydrogen-bond donors (Lipinski definition) is 1. The van der Waals surface area contributed by atoms with Crippen molar-refractivity contribution in [1.29, 1.82) is 0 Å². The molecule has 8 heteroatoms. The molecule has 1 fully saturated rings. The second-order valence-corrected chi connectivity index (χ2v) is 9.56. The Balaban J connectivity index is 1.36. The van der Waals surface area contributed by atoms with E-state index in [1.165, 1.54) is 0 Å². The SMILES string of the molecule is CCN(CC)CCCOc1cc2nccc(Oc3ccc4c(ccn4C(=O)NC4CC4)c3)c2cc1C=NC. The summed E-state index contributed by atoms with van der Waals surface area (Å²) in [6, 6.07) is 13.7. The largest absolute Gasteiger partial charge is 0.493 e. The van der Waals surface area contributed by atoms with Crippen molar-refractivity contribution in [3.63, 3.8) is 0 Å². The van der Waals surface area contributed by atoms with Crippen LogP contribution in [0.25, 0.3) is 21.8 Å². The van der Waals surface area contributed by atoms with Crippen LogP contribution in [0.2, 0.25) is 0 Å². The van der Waals surface area contributed by atoms with Crippen LogP contribution in [0.1, 0.15) is 38.7 Å². The minimum atomic E-state index is -0.0903. The average molecular weight is 514 g/mol. The molecule has 2 heterocycles. The molecule has 1 aliphatic carbocycles. The Morgan fingerprint density at radius 1 is 1.16 bits per heavy atom. The first-order valence-corrected chi connectivity index (χ1v) is 13.4. The van der Waals surface area contributed by atoms with Gasteiger partial charge in [-0.2, -0.15) is 0 Å². The lowest BCUT2D eigenvalue weighted by molar-refractivity contribution is 0.243. The lowest BCUT2D eigenvalue weighted by atomic mass is 10.1. The summed E-state index contributed by atoms with van der Waals surface area (Å²) < 4.78 is 14.1. The molecule has 1 saturated carbocycles. The summed E-state index contributed by atoms with van der Waals surface area (Å²) in [6.45, 7) is 8.08. The lowest BCUT2D eigenvalue weighted by Crippen LogP contribution is -2.29. The summed E-state index contributed by atoms with van der Waals surface area (Å²) in [6.07, 6.45) is 8.40. The quantitative estimate of drug-likeness (QED) is 0.201. The van der Waals surface area contributed by atoms with Crippen LogP contribution in [0.15, 0.2) is 59.9 Å². The molecule has 2 aromatic carbocycles. The zero-order valence-corrected chi connectivity index (χ0v) is 22.3. The number of hydrogen-bond acceptors (Lipinski definition) is 6. The van der Waals surface area contributed by atoms with Gasteiger partial charge >= 0.3 is 6.03 Å². The van der Waals surface area contributed by atoms with Crippen LogP contribution >= 0.6 is 0 Å². The van der Waals surface area contributed by atoms with Crippen LogP contribution < -0.4 is 14.8 Å². The number of nitrogens with zero attached hydrogens (tertiary/aromatic N) is 4. The Hall–Kier alpha value is -3.91. The van der Waals surface area contributed by atoms with Gasteiger partial charge in [0.15, 0.2) is 0 Å². The molecule has 1 amide bonds. The zero-order valence-electron chi connectivity index (χ0n) is 22.3. The van der Waals surface area contributed by atoms with Crippen LogP contribution in [-0.4, -0.2) is 66.0 Å². The second-order valence-electron chi connectivity index (χ2n) is 9.56. The lowest BCUT2D eigenvalue weighted by Gasteiger charge is -2.18. The highest BCUT2D eigenvalue weighted by atomic mass is 16.5. The van der Waals surface area contributed by atoms with E-state index in [4.69, 9.17) is 9.47 Å². The first-order chi connectivity index (χ1) is 18.6. The topological polar surface area (TPSA) is 81.0 Å². The minimum Gasteiger partial charge on any atom is -0.493 e. The molecule has 1 N–H and O–H groups in total. The van der Waals surface area contributed by atoms with Crippen molar-refractivity contribution in [1.82, 2.24) is 19.8 Å². The van der Waals surface area contributed by atoms with E-state index < -0.39 is 0 Å². The van der Waals surface area contributed by atoms with Crippen LogP contribution in [0.5, 0.6) is 17.2 Å². The van der Waals surface area contributed by atoms with Crippen molar-refractivity contribution in [3.05, 3.63) is 60.4 Å². The number of fused-ring (bicyclic) bond motifs is 2. The number of aliphatic imine (C=N–C) groups is 1. The normalized spacial score (nSPS) is 13.6. The van der Waals surface area contributed by atoms with Gasteiger partial charge in [-0.25, -0.2) is 4.79 Å². The van der Waals surface area contributed by atoms with Crippen molar-refractivity contribution in [2.75, 3.05) is 33.3 Å². The molecule has 2 aromatic heterocycles. The molecule has 0 aliphatic heterocycles. The van der Waals surface area contributed by atoms with Crippen molar-refractivity contribution in [2.45, 2.75) is 39.2 Å². The Bertz CT molecular complexity index is 1450. The molecule has 0 bridgehead atoms. The summed E-state index contributed by atoms with van der Waals surface area (Å²) in [5.41, 5.74) is 2.52. The van der Waals surface area contributed by atoms with Crippen molar-refractivity contribution < 1.29 is 14.3 Å². The summed E-state index contributed by atoms with van der Waals surface area (Å²) in [7, 11) is 1.75. The highest BCUT2D eigenvalue weighted by Gasteiger charge is 2.24. The second kappa shape index (κ2) is 11.6. The van der Waals surface area contributed by atoms with Crippen molar-refractivity contribution >= 4 is 34.1 Å². The molecule has 8 nitrogen and oxygen atoms in total. The third-order valence-electron chi connectivity index (χ3n) is 6.89. The minimum absolute atomic E-state index is 0.0903. The Labute approximate surface area is 223 Å². The number of amides is 1. The fourth-order valence-electron chi connectivity index (χ4n) is 4.59. The molecular weight excluding hydrogens is 478 g/mol. The Kier molecular flexibility index (Phi) is 7.89. The summed E-state index contributed by atoms with van der Waals surface area (Å²) in [5.74, 6) is 2.14. The fraction of sp³-hybridized carbons (Fsp3) is 0.367. The van der Waals surface area contributed by atoms with Gasteiger partial charge in [0, 0.05) is 60.6 Å². The van der Waals surface area contributed by atoms with Gasteiger partial charge in [0.05, 0.1) is 17.6 Å². The molecule has 5 rings (SSSR count). The van der Waals surface area contributed by atoms with Gasteiger partial charge in [0.25, 0.3) is 0 Å². The summed E-state index contributed by atoms with van der Waals surface area (Å²) in [4.78, 5) is 23.7. The molecule has 0 saturated heterocycles. The third kappa shape index (κ3) is 5.81. The van der Waals surface area contributed by atoms with Crippen LogP contribution in [0.4, 0.5) is 4.79 Å². The number of aromatic nitrogens is 2. The third-order valence-corrected chi connectivity index (χ3v) is 6.89. The molecule has 0 atom stereocenters. The van der Waals surface area contributed by atoms with Gasteiger partial charge in [-0.05, 0) is 68.8 Å². The highest BCUT2D eigenvalue weighted by Crippen LogP contribution is 2.34. The van der Waals surface area contributed by atoms with E-state index in [0.29, 0.717) is 24.1 Å². The number of benzene rings is 2. The van der Waals surface area contributed by atoms with Crippen LogP contribution in [0.3, 0.4) is 0 Å². The highest BCUT2D eigenvalue weighted by molar-refractivity contribution is 5.95. The van der Waals surface area contributed by atoms with E-state index in [0.717, 1.165) is 72.0 Å². The molecule has 38 heavy (non-hydrogen) atoms. The number of ether oxygens (including phenoxy) is 2. The first kappa shape index (κ1) is 25.7. The molecule has 0 radical (unpaired) electrons. The van der Waals surface area contributed by atoms with Crippen LogP contribution in [0, 0.1) is 0 Å². The number of carbonyl (C=O) groups excluding carboxylic acids is 1. The molecule has 0 spiro atoms. The van der Waals surface area contributed by atoms with E-state index in [-0.39, 0.29) is 6.03 Å². The first-order valence-electron chi connectivity index (χ1n) is 13.4. The molecule has 4 aromatic rings. The van der Waals surface area contributed by atoms with Gasteiger partial charge in [0.1, 0.15) is 17.2 Å². The fourth-order valence-corrected chi connectivity index (χ4v) is 4.59. The van der Waals surface area contributed by atoms with Crippen molar-refractivity contribution in [2.24, 2.45) is 4.99 Å². The Morgan fingerprint density at radius 2 is 2.00 bits per heavy atom. The van der Waals surface area contributed by atoms with Crippen LogP contribution in [-0.2, 0) is 0 Å². The molecular formula is C30H35N5O3. The van der Waals surface area contributed by atoms with E-state index in [9.17, 15) is 4.79 Å². The van der Waals surface area contributed by atoms with E-state index in [2.05, 4.69) is 34.0 Å². The van der Waals surface area contributed by atoms with E-state index >= 15 is 0 Å². The maximum Gasteiger partial charge on any atom is 0.326 e. The molecule has 198 valence electrons. The molecule has 0 unspecified atom stereocenters. The zero-order chi connectivity index (χ0) is 26.5. The van der Waals surface area contributed by atoms with Gasteiger partial charge in [-0.15, -0.1) is 0 Å². The maximum atomic E-state index is 12.5. The number of pyridine rings is 1. The average Bonchev–Trinajstić information content (AvgIpc) is 3.64. The predicted octanol–water partition coefficient (Wildman–Crippen LogP) is 5.86. The van der Waals surface area contributed by atoms with Gasteiger partial charge in [0.2, 0.25) is 0 Å². The number of rotatable bonds is 11.